The van der Waals surface area contributed by atoms with Crippen LogP contribution in [0.1, 0.15) is 36.8 Å². The van der Waals surface area contributed by atoms with Gasteiger partial charge in [-0.05, 0) is 61.6 Å². The molecule has 3 N–H and O–H groups in total. The van der Waals surface area contributed by atoms with E-state index in [0.29, 0.717) is 26.2 Å². The van der Waals surface area contributed by atoms with Crippen molar-refractivity contribution in [3.8, 4) is 5.75 Å². The number of hydrogen-bond donors (Lipinski definition) is 2. The van der Waals surface area contributed by atoms with Crippen molar-refractivity contribution in [1.82, 2.24) is 4.98 Å². The highest BCUT2D eigenvalue weighted by atomic mass is 35.5. The standard InChI is InChI=1S/C23H28N2O3.ClH/c24-13-12-19-16-25-22-11-10-20(15-21(19)22)27-14-6-2-5-9-23(26)28-17-18-7-3-1-4-8-18;/h1,3-4,7-8,10-11,15-16,25H,2,5-6,9,12-14,17,24H2;1H. The van der Waals surface area contributed by atoms with Gasteiger partial charge in [0.05, 0.1) is 6.61 Å². The number of carbonyl (C=O) groups excluding carboxylic acids is 1. The van der Waals surface area contributed by atoms with E-state index in [9.17, 15) is 4.79 Å². The predicted octanol–water partition coefficient (Wildman–Crippen LogP) is 4.77. The zero-order valence-corrected chi connectivity index (χ0v) is 17.4. The van der Waals surface area contributed by atoms with Gasteiger partial charge in [-0.3, -0.25) is 4.79 Å². The third kappa shape index (κ3) is 7.11. The Hall–Kier alpha value is -2.50. The number of hydrogen-bond acceptors (Lipinski definition) is 4. The lowest BCUT2D eigenvalue weighted by Gasteiger charge is -2.07. The Morgan fingerprint density at radius 1 is 1.03 bits per heavy atom. The van der Waals surface area contributed by atoms with Crippen molar-refractivity contribution in [3.63, 3.8) is 0 Å². The Morgan fingerprint density at radius 3 is 2.66 bits per heavy atom. The van der Waals surface area contributed by atoms with E-state index in [1.54, 1.807) is 0 Å². The number of nitrogens with one attached hydrogen (secondary N) is 1. The van der Waals surface area contributed by atoms with Crippen LogP contribution < -0.4 is 10.5 Å². The van der Waals surface area contributed by atoms with Gasteiger partial charge in [-0.25, -0.2) is 0 Å². The maximum Gasteiger partial charge on any atom is 0.306 e. The van der Waals surface area contributed by atoms with Gasteiger partial charge >= 0.3 is 5.97 Å². The second-order valence-electron chi connectivity index (χ2n) is 6.87. The van der Waals surface area contributed by atoms with E-state index in [-0.39, 0.29) is 18.4 Å². The van der Waals surface area contributed by atoms with Crippen LogP contribution in [0.15, 0.2) is 54.7 Å². The van der Waals surface area contributed by atoms with Crippen molar-refractivity contribution in [2.75, 3.05) is 13.2 Å². The summed E-state index contributed by atoms with van der Waals surface area (Å²) >= 11 is 0. The molecule has 1 aromatic heterocycles. The number of ether oxygens (including phenoxy) is 2. The first-order valence-electron chi connectivity index (χ1n) is 9.88. The summed E-state index contributed by atoms with van der Waals surface area (Å²) in [4.78, 5) is 15.0. The number of carbonyl (C=O) groups is 1. The molecule has 0 bridgehead atoms. The normalized spacial score (nSPS) is 10.5. The van der Waals surface area contributed by atoms with Crippen LogP contribution in [0.5, 0.6) is 5.75 Å². The molecule has 3 aromatic rings. The van der Waals surface area contributed by atoms with Crippen molar-refractivity contribution in [2.45, 2.75) is 38.7 Å². The van der Waals surface area contributed by atoms with E-state index in [4.69, 9.17) is 15.2 Å². The first kappa shape index (κ1) is 22.8. The summed E-state index contributed by atoms with van der Waals surface area (Å²) in [5.41, 5.74) is 9.00. The molecule has 3 rings (SSSR count). The van der Waals surface area contributed by atoms with Gasteiger partial charge in [-0.15, -0.1) is 12.4 Å². The molecule has 5 nitrogen and oxygen atoms in total. The van der Waals surface area contributed by atoms with Gasteiger partial charge in [-0.1, -0.05) is 30.3 Å². The molecule has 0 aliphatic carbocycles. The fourth-order valence-corrected chi connectivity index (χ4v) is 3.16. The molecule has 0 amide bonds. The van der Waals surface area contributed by atoms with Gasteiger partial charge in [0.1, 0.15) is 12.4 Å². The molecular formula is C23H29ClN2O3. The Labute approximate surface area is 178 Å². The maximum atomic E-state index is 11.8. The van der Waals surface area contributed by atoms with Gasteiger partial charge < -0.3 is 20.2 Å². The zero-order valence-electron chi connectivity index (χ0n) is 16.6. The van der Waals surface area contributed by atoms with E-state index in [1.165, 1.54) is 10.9 Å². The number of benzene rings is 2. The number of unbranched alkanes of at least 4 members (excludes halogenated alkanes) is 2. The molecule has 0 saturated carbocycles. The molecule has 6 heteroatoms. The van der Waals surface area contributed by atoms with E-state index in [0.717, 1.165) is 42.5 Å². The Bertz CT molecular complexity index is 880. The van der Waals surface area contributed by atoms with Crippen LogP contribution >= 0.6 is 12.4 Å². The van der Waals surface area contributed by atoms with E-state index < -0.39 is 0 Å². The van der Waals surface area contributed by atoms with Gasteiger partial charge in [0.25, 0.3) is 0 Å². The van der Waals surface area contributed by atoms with Crippen LogP contribution in [0.3, 0.4) is 0 Å². The second-order valence-corrected chi connectivity index (χ2v) is 6.87. The summed E-state index contributed by atoms with van der Waals surface area (Å²) in [6, 6.07) is 15.8. The average Bonchev–Trinajstić information content (AvgIpc) is 3.12. The lowest BCUT2D eigenvalue weighted by molar-refractivity contribution is -0.145. The van der Waals surface area contributed by atoms with E-state index >= 15 is 0 Å². The van der Waals surface area contributed by atoms with Gasteiger partial charge in [0.15, 0.2) is 0 Å². The first-order chi connectivity index (χ1) is 13.8. The molecule has 0 atom stereocenters. The van der Waals surface area contributed by atoms with Crippen molar-refractivity contribution in [1.29, 1.82) is 0 Å². The second kappa shape index (κ2) is 12.1. The van der Waals surface area contributed by atoms with Crippen LogP contribution in [-0.2, 0) is 22.6 Å². The molecule has 0 saturated heterocycles. The molecule has 2 aromatic carbocycles. The minimum atomic E-state index is -0.143. The monoisotopic (exact) mass is 416 g/mol. The summed E-state index contributed by atoms with van der Waals surface area (Å²) in [6.07, 6.45) is 5.97. The highest BCUT2D eigenvalue weighted by molar-refractivity contribution is 5.85. The number of fused-ring (bicyclic) bond motifs is 1. The Balaban J connectivity index is 0.00000300. The number of aromatic amines is 1. The minimum absolute atomic E-state index is 0. The molecule has 0 aliphatic rings. The quantitative estimate of drug-likeness (QED) is 0.348. The lowest BCUT2D eigenvalue weighted by Crippen LogP contribution is -2.05. The summed E-state index contributed by atoms with van der Waals surface area (Å²) in [5, 5.41) is 1.17. The van der Waals surface area contributed by atoms with E-state index in [2.05, 4.69) is 11.1 Å². The largest absolute Gasteiger partial charge is 0.494 e. The van der Waals surface area contributed by atoms with Crippen molar-refractivity contribution < 1.29 is 14.3 Å². The number of aromatic nitrogens is 1. The lowest BCUT2D eigenvalue weighted by atomic mass is 10.1. The van der Waals surface area contributed by atoms with Crippen molar-refractivity contribution >= 4 is 29.3 Å². The number of nitrogens with two attached hydrogens (primary N) is 1. The maximum absolute atomic E-state index is 11.8. The van der Waals surface area contributed by atoms with Crippen LogP contribution in [0, 0.1) is 0 Å². The molecule has 1 heterocycles. The fourth-order valence-electron chi connectivity index (χ4n) is 3.16. The smallest absolute Gasteiger partial charge is 0.306 e. The van der Waals surface area contributed by atoms with Gasteiger partial charge in [-0.2, -0.15) is 0 Å². The predicted molar refractivity (Wildman–Crippen MR) is 119 cm³/mol. The van der Waals surface area contributed by atoms with Crippen molar-refractivity contribution in [3.05, 3.63) is 65.9 Å². The molecule has 0 radical (unpaired) electrons. The van der Waals surface area contributed by atoms with Crippen LogP contribution in [0.4, 0.5) is 0 Å². The number of esters is 1. The van der Waals surface area contributed by atoms with Crippen LogP contribution in [-0.4, -0.2) is 24.1 Å². The van der Waals surface area contributed by atoms with Crippen LogP contribution in [0.25, 0.3) is 10.9 Å². The summed E-state index contributed by atoms with van der Waals surface area (Å²) in [7, 11) is 0. The third-order valence-electron chi connectivity index (χ3n) is 4.69. The van der Waals surface area contributed by atoms with Crippen molar-refractivity contribution in [2.24, 2.45) is 5.73 Å². The number of H-pyrrole nitrogens is 1. The van der Waals surface area contributed by atoms with Gasteiger partial charge in [0.2, 0.25) is 0 Å². The van der Waals surface area contributed by atoms with Crippen LogP contribution in [0.2, 0.25) is 0 Å². The molecular weight excluding hydrogens is 388 g/mol. The Kier molecular flexibility index (Phi) is 9.54. The van der Waals surface area contributed by atoms with Gasteiger partial charge in [0, 0.05) is 23.5 Å². The number of halogens is 1. The topological polar surface area (TPSA) is 77.3 Å². The summed E-state index contributed by atoms with van der Waals surface area (Å²) < 4.78 is 11.2. The first-order valence-corrected chi connectivity index (χ1v) is 9.88. The third-order valence-corrected chi connectivity index (χ3v) is 4.69. The number of rotatable bonds is 11. The summed E-state index contributed by atoms with van der Waals surface area (Å²) in [6.45, 7) is 1.61. The highest BCUT2D eigenvalue weighted by Crippen LogP contribution is 2.24. The molecule has 29 heavy (non-hydrogen) atoms. The fraction of sp³-hybridized carbons (Fsp3) is 0.348. The summed E-state index contributed by atoms with van der Waals surface area (Å²) in [5.74, 6) is 0.725. The Morgan fingerprint density at radius 2 is 1.86 bits per heavy atom. The molecule has 0 fully saturated rings. The molecule has 0 spiro atoms. The van der Waals surface area contributed by atoms with E-state index in [1.807, 2.05) is 48.7 Å². The average molecular weight is 417 g/mol. The molecule has 0 aliphatic heterocycles. The molecule has 156 valence electrons. The molecule has 0 unspecified atom stereocenters. The SMILES string of the molecule is Cl.NCCc1c[nH]c2ccc(OCCCCCC(=O)OCc3ccccc3)cc12. The highest BCUT2D eigenvalue weighted by Gasteiger charge is 2.06. The minimum Gasteiger partial charge on any atom is -0.494 e. The zero-order chi connectivity index (χ0) is 19.6.